The molecule has 2 heterocycles. The van der Waals surface area contributed by atoms with E-state index in [1.807, 2.05) is 6.20 Å². The molecule has 1 unspecified atom stereocenters. The van der Waals surface area contributed by atoms with Gasteiger partial charge in [0, 0.05) is 31.4 Å². The Bertz CT molecular complexity index is 274. The van der Waals surface area contributed by atoms with Gasteiger partial charge in [0.05, 0.1) is 0 Å². The van der Waals surface area contributed by atoms with Crippen LogP contribution in [-0.4, -0.2) is 22.1 Å². The molecule has 3 nitrogen and oxygen atoms in total. The van der Waals surface area contributed by atoms with Crippen LogP contribution in [0.5, 0.6) is 0 Å². The second-order valence-electron chi connectivity index (χ2n) is 4.03. The molecule has 78 valence electrons. The highest BCUT2D eigenvalue weighted by Gasteiger charge is 2.16. The van der Waals surface area contributed by atoms with E-state index in [2.05, 4.69) is 28.0 Å². The number of rotatable bonds is 4. The van der Waals surface area contributed by atoms with Crippen LogP contribution in [0.25, 0.3) is 0 Å². The highest BCUT2D eigenvalue weighted by atomic mass is 15.1. The minimum atomic E-state index is 0.660. The maximum Gasteiger partial charge on any atom is 0.110 e. The van der Waals surface area contributed by atoms with Gasteiger partial charge in [0.2, 0.25) is 0 Å². The molecule has 1 atom stereocenters. The van der Waals surface area contributed by atoms with Crippen LogP contribution in [0.2, 0.25) is 0 Å². The number of nitrogens with zero attached hydrogens (tertiary/aromatic N) is 2. The van der Waals surface area contributed by atoms with Gasteiger partial charge in [-0.05, 0) is 25.8 Å². The molecule has 1 aromatic rings. The predicted octanol–water partition coefficient (Wildman–Crippen LogP) is 1.59. The van der Waals surface area contributed by atoms with E-state index in [0.29, 0.717) is 6.04 Å². The molecule has 0 aliphatic carbocycles. The quantitative estimate of drug-likeness (QED) is 0.787. The fourth-order valence-electron chi connectivity index (χ4n) is 2.13. The molecule has 3 heteroatoms. The standard InChI is InChI=1S/C11H19N3/c1-2-7-14-8-6-13-11(14)9-10-4-3-5-12-10/h6,8,10,12H,2-5,7,9H2,1H3. The third kappa shape index (κ3) is 2.15. The first kappa shape index (κ1) is 9.71. The summed E-state index contributed by atoms with van der Waals surface area (Å²) in [6, 6.07) is 0.660. The van der Waals surface area contributed by atoms with Crippen LogP contribution in [0.4, 0.5) is 0 Å². The Morgan fingerprint density at radius 2 is 2.57 bits per heavy atom. The molecular formula is C11H19N3. The second kappa shape index (κ2) is 4.60. The molecule has 1 aromatic heterocycles. The van der Waals surface area contributed by atoms with Crippen molar-refractivity contribution in [3.8, 4) is 0 Å². The Hall–Kier alpha value is -0.830. The van der Waals surface area contributed by atoms with E-state index in [9.17, 15) is 0 Å². The second-order valence-corrected chi connectivity index (χ2v) is 4.03. The van der Waals surface area contributed by atoms with Crippen molar-refractivity contribution < 1.29 is 0 Å². The Kier molecular flexibility index (Phi) is 3.19. The molecule has 1 fully saturated rings. The summed E-state index contributed by atoms with van der Waals surface area (Å²) < 4.78 is 2.28. The molecule has 0 amide bonds. The van der Waals surface area contributed by atoms with Crippen LogP contribution >= 0.6 is 0 Å². The third-order valence-electron chi connectivity index (χ3n) is 2.86. The number of hydrogen-bond donors (Lipinski definition) is 1. The Balaban J connectivity index is 1.96. The summed E-state index contributed by atoms with van der Waals surface area (Å²) >= 11 is 0. The van der Waals surface area contributed by atoms with Gasteiger partial charge in [-0.15, -0.1) is 0 Å². The van der Waals surface area contributed by atoms with E-state index in [1.54, 1.807) is 0 Å². The first-order chi connectivity index (χ1) is 6.90. The lowest BCUT2D eigenvalue weighted by molar-refractivity contribution is 0.550. The average Bonchev–Trinajstić information content (AvgIpc) is 2.80. The van der Waals surface area contributed by atoms with E-state index in [4.69, 9.17) is 0 Å². The van der Waals surface area contributed by atoms with Crippen molar-refractivity contribution in [2.24, 2.45) is 0 Å². The number of nitrogens with one attached hydrogen (secondary N) is 1. The van der Waals surface area contributed by atoms with Gasteiger partial charge in [-0.2, -0.15) is 0 Å². The van der Waals surface area contributed by atoms with Crippen molar-refractivity contribution in [1.82, 2.24) is 14.9 Å². The molecule has 1 aliphatic heterocycles. The largest absolute Gasteiger partial charge is 0.335 e. The summed E-state index contributed by atoms with van der Waals surface area (Å²) in [6.45, 7) is 4.48. The van der Waals surface area contributed by atoms with Gasteiger partial charge in [-0.1, -0.05) is 6.92 Å². The van der Waals surface area contributed by atoms with E-state index in [-0.39, 0.29) is 0 Å². The van der Waals surface area contributed by atoms with Crippen LogP contribution < -0.4 is 5.32 Å². The van der Waals surface area contributed by atoms with Crippen LogP contribution in [-0.2, 0) is 13.0 Å². The monoisotopic (exact) mass is 193 g/mol. The Labute approximate surface area is 85.5 Å². The number of aryl methyl sites for hydroxylation is 1. The normalized spacial score (nSPS) is 21.6. The molecule has 0 aromatic carbocycles. The maximum atomic E-state index is 4.42. The van der Waals surface area contributed by atoms with Crippen molar-refractivity contribution in [3.63, 3.8) is 0 Å². The summed E-state index contributed by atoms with van der Waals surface area (Å²) in [5, 5.41) is 3.51. The first-order valence-corrected chi connectivity index (χ1v) is 5.63. The highest BCUT2D eigenvalue weighted by Crippen LogP contribution is 2.11. The zero-order valence-electron chi connectivity index (χ0n) is 8.87. The lowest BCUT2D eigenvalue weighted by atomic mass is 10.1. The summed E-state index contributed by atoms with van der Waals surface area (Å²) in [4.78, 5) is 4.42. The molecule has 0 bridgehead atoms. The fraction of sp³-hybridized carbons (Fsp3) is 0.727. The lowest BCUT2D eigenvalue weighted by Crippen LogP contribution is -2.25. The van der Waals surface area contributed by atoms with Gasteiger partial charge >= 0.3 is 0 Å². The lowest BCUT2D eigenvalue weighted by Gasteiger charge is -2.11. The number of imidazole rings is 1. The summed E-state index contributed by atoms with van der Waals surface area (Å²) in [7, 11) is 0. The molecule has 2 rings (SSSR count). The van der Waals surface area contributed by atoms with E-state index in [1.165, 1.54) is 31.6 Å². The predicted molar refractivity (Wildman–Crippen MR) is 57.2 cm³/mol. The zero-order chi connectivity index (χ0) is 9.80. The summed E-state index contributed by atoms with van der Waals surface area (Å²) in [6.07, 6.45) is 8.90. The van der Waals surface area contributed by atoms with Crippen molar-refractivity contribution >= 4 is 0 Å². The van der Waals surface area contributed by atoms with Crippen LogP contribution in [0.15, 0.2) is 12.4 Å². The van der Waals surface area contributed by atoms with E-state index < -0.39 is 0 Å². The zero-order valence-corrected chi connectivity index (χ0v) is 8.87. The first-order valence-electron chi connectivity index (χ1n) is 5.63. The maximum absolute atomic E-state index is 4.42. The van der Waals surface area contributed by atoms with Crippen molar-refractivity contribution in [2.45, 2.75) is 45.2 Å². The van der Waals surface area contributed by atoms with Gasteiger partial charge in [0.15, 0.2) is 0 Å². The summed E-state index contributed by atoms with van der Waals surface area (Å²) in [5.74, 6) is 1.24. The molecule has 1 aliphatic rings. The van der Waals surface area contributed by atoms with Crippen molar-refractivity contribution in [3.05, 3.63) is 18.2 Å². The third-order valence-corrected chi connectivity index (χ3v) is 2.86. The molecular weight excluding hydrogens is 174 g/mol. The Morgan fingerprint density at radius 1 is 1.64 bits per heavy atom. The minimum Gasteiger partial charge on any atom is -0.335 e. The molecule has 1 N–H and O–H groups in total. The van der Waals surface area contributed by atoms with Crippen LogP contribution in [0.3, 0.4) is 0 Å². The molecule has 0 spiro atoms. The Morgan fingerprint density at radius 3 is 3.29 bits per heavy atom. The molecule has 14 heavy (non-hydrogen) atoms. The van der Waals surface area contributed by atoms with Gasteiger partial charge in [-0.3, -0.25) is 0 Å². The minimum absolute atomic E-state index is 0.660. The van der Waals surface area contributed by atoms with Crippen molar-refractivity contribution in [1.29, 1.82) is 0 Å². The smallest absolute Gasteiger partial charge is 0.110 e. The number of aromatic nitrogens is 2. The van der Waals surface area contributed by atoms with Gasteiger partial charge in [0.25, 0.3) is 0 Å². The van der Waals surface area contributed by atoms with Gasteiger partial charge in [0.1, 0.15) is 5.82 Å². The number of hydrogen-bond acceptors (Lipinski definition) is 2. The highest BCUT2D eigenvalue weighted by molar-refractivity contribution is 4.96. The van der Waals surface area contributed by atoms with Crippen LogP contribution in [0.1, 0.15) is 32.0 Å². The SMILES string of the molecule is CCCn1ccnc1CC1CCCN1. The fourth-order valence-corrected chi connectivity index (χ4v) is 2.13. The van der Waals surface area contributed by atoms with Gasteiger partial charge < -0.3 is 9.88 Å². The molecule has 0 saturated carbocycles. The summed E-state index contributed by atoms with van der Waals surface area (Å²) in [5.41, 5.74) is 0. The van der Waals surface area contributed by atoms with Crippen LogP contribution in [0, 0.1) is 0 Å². The molecule has 1 saturated heterocycles. The molecule has 0 radical (unpaired) electrons. The topological polar surface area (TPSA) is 29.9 Å². The van der Waals surface area contributed by atoms with E-state index >= 15 is 0 Å². The van der Waals surface area contributed by atoms with Crippen molar-refractivity contribution in [2.75, 3.05) is 6.54 Å². The van der Waals surface area contributed by atoms with E-state index in [0.717, 1.165) is 13.0 Å². The average molecular weight is 193 g/mol. The van der Waals surface area contributed by atoms with Gasteiger partial charge in [-0.25, -0.2) is 4.98 Å².